The molecule has 0 amide bonds. The predicted octanol–water partition coefficient (Wildman–Crippen LogP) is -1.07. The highest BCUT2D eigenvalue weighted by Crippen LogP contribution is 2.27. The highest BCUT2D eigenvalue weighted by molar-refractivity contribution is 5.28. The van der Waals surface area contributed by atoms with Crippen LogP contribution in [-0.2, 0) is 9.47 Å². The molecular weight excluding hydrogens is 320 g/mol. The molecule has 1 heterocycles. The van der Waals surface area contributed by atoms with Gasteiger partial charge in [-0.15, -0.1) is 0 Å². The summed E-state index contributed by atoms with van der Waals surface area (Å²) in [5, 5.41) is 48.9. The second kappa shape index (κ2) is 8.21. The summed E-state index contributed by atoms with van der Waals surface area (Å²) in [6, 6.07) is 6.74. The van der Waals surface area contributed by atoms with Crippen molar-refractivity contribution in [1.29, 1.82) is 0 Å². The van der Waals surface area contributed by atoms with Gasteiger partial charge in [0.1, 0.15) is 36.3 Å². The summed E-state index contributed by atoms with van der Waals surface area (Å²) in [6.07, 6.45) is -8.61. The van der Waals surface area contributed by atoms with E-state index < -0.39 is 49.5 Å². The first kappa shape index (κ1) is 19.1. The van der Waals surface area contributed by atoms with E-state index in [1.165, 1.54) is 7.11 Å². The number of benzene rings is 1. The van der Waals surface area contributed by atoms with Gasteiger partial charge in [0.05, 0.1) is 19.8 Å². The van der Waals surface area contributed by atoms with Crippen molar-refractivity contribution in [2.75, 3.05) is 13.7 Å². The van der Waals surface area contributed by atoms with Gasteiger partial charge in [-0.25, -0.2) is 0 Å². The molecule has 24 heavy (non-hydrogen) atoms. The van der Waals surface area contributed by atoms with Crippen LogP contribution in [0.1, 0.15) is 18.6 Å². The highest BCUT2D eigenvalue weighted by Gasteiger charge is 2.44. The lowest BCUT2D eigenvalue weighted by Gasteiger charge is -2.41. The van der Waals surface area contributed by atoms with Crippen LogP contribution in [0.5, 0.6) is 5.75 Å². The largest absolute Gasteiger partial charge is 0.497 e. The van der Waals surface area contributed by atoms with Crippen molar-refractivity contribution >= 4 is 0 Å². The van der Waals surface area contributed by atoms with Gasteiger partial charge in [0.25, 0.3) is 0 Å². The van der Waals surface area contributed by atoms with E-state index in [9.17, 15) is 20.4 Å². The molecule has 1 aliphatic rings. The number of aliphatic hydroxyl groups excluding tert-OH is 5. The molecule has 0 unspecified atom stereocenters. The summed E-state index contributed by atoms with van der Waals surface area (Å²) in [5.41, 5.74) is 0.577. The minimum Gasteiger partial charge on any atom is -0.497 e. The lowest BCUT2D eigenvalue weighted by Crippen LogP contribution is -2.59. The van der Waals surface area contributed by atoms with Gasteiger partial charge in [-0.1, -0.05) is 12.1 Å². The van der Waals surface area contributed by atoms with Gasteiger partial charge in [-0.2, -0.15) is 0 Å². The maximum atomic E-state index is 10.3. The Hall–Kier alpha value is -1.26. The molecule has 1 aliphatic heterocycles. The van der Waals surface area contributed by atoms with E-state index in [1.54, 1.807) is 31.2 Å². The lowest BCUT2D eigenvalue weighted by molar-refractivity contribution is -0.315. The molecule has 1 fully saturated rings. The molecule has 1 aromatic rings. The van der Waals surface area contributed by atoms with Crippen molar-refractivity contribution in [2.45, 2.75) is 49.8 Å². The number of methoxy groups -OCH3 is 1. The maximum absolute atomic E-state index is 10.3. The topological polar surface area (TPSA) is 129 Å². The van der Waals surface area contributed by atoms with Crippen molar-refractivity contribution < 1.29 is 39.7 Å². The quantitative estimate of drug-likeness (QED) is 0.441. The molecule has 0 bridgehead atoms. The van der Waals surface area contributed by atoms with Crippen molar-refractivity contribution in [2.24, 2.45) is 0 Å². The zero-order valence-electron chi connectivity index (χ0n) is 13.5. The van der Waals surface area contributed by atoms with Crippen molar-refractivity contribution in [3.05, 3.63) is 29.8 Å². The Morgan fingerprint density at radius 1 is 1.08 bits per heavy atom. The Bertz CT molecular complexity index is 505. The van der Waals surface area contributed by atoms with Crippen molar-refractivity contribution in [3.8, 4) is 5.75 Å². The first-order valence-corrected chi connectivity index (χ1v) is 7.67. The van der Waals surface area contributed by atoms with Crippen LogP contribution in [0.3, 0.4) is 0 Å². The molecule has 5 N–H and O–H groups in total. The van der Waals surface area contributed by atoms with Gasteiger partial charge in [-0.3, -0.25) is 0 Å². The Morgan fingerprint density at radius 3 is 2.25 bits per heavy atom. The summed E-state index contributed by atoms with van der Waals surface area (Å²) in [6.45, 7) is 1.04. The molecule has 0 aromatic heterocycles. The van der Waals surface area contributed by atoms with Crippen LogP contribution in [0.4, 0.5) is 0 Å². The fraction of sp³-hybridized carbons (Fsp3) is 0.625. The van der Waals surface area contributed by atoms with Crippen LogP contribution in [0, 0.1) is 0 Å². The average molecular weight is 344 g/mol. The van der Waals surface area contributed by atoms with Gasteiger partial charge in [0.15, 0.2) is 6.29 Å². The maximum Gasteiger partial charge on any atom is 0.187 e. The molecule has 0 saturated carbocycles. The minimum absolute atomic E-state index is 0.541. The van der Waals surface area contributed by atoms with Crippen molar-refractivity contribution in [1.82, 2.24) is 0 Å². The summed E-state index contributed by atoms with van der Waals surface area (Å²) in [7, 11) is 1.54. The van der Waals surface area contributed by atoms with Gasteiger partial charge >= 0.3 is 0 Å². The average Bonchev–Trinajstić information content (AvgIpc) is 2.61. The van der Waals surface area contributed by atoms with Gasteiger partial charge in [0, 0.05) is 0 Å². The molecule has 1 aromatic carbocycles. The second-order valence-electron chi connectivity index (χ2n) is 5.76. The fourth-order valence-corrected chi connectivity index (χ4v) is 2.54. The second-order valence-corrected chi connectivity index (χ2v) is 5.76. The molecular formula is C16H24O8. The van der Waals surface area contributed by atoms with Crippen LogP contribution >= 0.6 is 0 Å². The number of aliphatic hydroxyl groups is 5. The van der Waals surface area contributed by atoms with Crippen molar-refractivity contribution in [3.63, 3.8) is 0 Å². The fourth-order valence-electron chi connectivity index (χ4n) is 2.54. The van der Waals surface area contributed by atoms with E-state index >= 15 is 0 Å². The van der Waals surface area contributed by atoms with E-state index in [2.05, 4.69) is 0 Å². The molecule has 7 atom stereocenters. The van der Waals surface area contributed by atoms with Gasteiger partial charge in [-0.05, 0) is 24.6 Å². The van der Waals surface area contributed by atoms with E-state index in [0.717, 1.165) is 0 Å². The highest BCUT2D eigenvalue weighted by atomic mass is 16.7. The molecule has 8 heteroatoms. The third-order valence-electron chi connectivity index (χ3n) is 4.10. The van der Waals surface area contributed by atoms with E-state index in [0.29, 0.717) is 11.3 Å². The number of ether oxygens (including phenoxy) is 3. The number of hydrogen-bond donors (Lipinski definition) is 5. The third-order valence-corrected chi connectivity index (χ3v) is 4.10. The summed E-state index contributed by atoms with van der Waals surface area (Å²) in [4.78, 5) is 0. The first-order chi connectivity index (χ1) is 11.4. The molecule has 8 nitrogen and oxygen atoms in total. The van der Waals surface area contributed by atoms with Crippen LogP contribution in [0.2, 0.25) is 0 Å². The monoisotopic (exact) mass is 344 g/mol. The first-order valence-electron chi connectivity index (χ1n) is 7.67. The van der Waals surface area contributed by atoms with Crippen LogP contribution < -0.4 is 4.74 Å². The van der Waals surface area contributed by atoms with E-state index in [-0.39, 0.29) is 0 Å². The molecule has 0 aliphatic carbocycles. The Kier molecular flexibility index (Phi) is 6.53. The molecule has 1 saturated heterocycles. The molecule has 136 valence electrons. The SMILES string of the molecule is COc1ccc([C@H](O)[C@@H](C)O[C@H]2O[C@@H](CO)[C@H](O)[C@@H](O)[C@@H]2O)cc1. The molecule has 2 rings (SSSR count). The van der Waals surface area contributed by atoms with Gasteiger partial charge in [0.2, 0.25) is 0 Å². The van der Waals surface area contributed by atoms with Crippen LogP contribution in [-0.4, -0.2) is 76.1 Å². The van der Waals surface area contributed by atoms with E-state index in [1.807, 2.05) is 0 Å². The Morgan fingerprint density at radius 2 is 1.71 bits per heavy atom. The summed E-state index contributed by atoms with van der Waals surface area (Å²) >= 11 is 0. The lowest BCUT2D eigenvalue weighted by atomic mass is 9.99. The standard InChI is InChI=1S/C16H24O8/c1-8(12(18)9-3-5-10(22-2)6-4-9)23-16-15(21)14(20)13(19)11(7-17)24-16/h3-6,8,11-21H,7H2,1-2H3/t8-,11+,12-,13+,14-,15+,16+/m1/s1. The van der Waals surface area contributed by atoms with E-state index in [4.69, 9.17) is 19.3 Å². The molecule has 0 spiro atoms. The number of hydrogen-bond acceptors (Lipinski definition) is 8. The third kappa shape index (κ3) is 4.04. The minimum atomic E-state index is -1.52. The summed E-state index contributed by atoms with van der Waals surface area (Å²) < 4.78 is 15.8. The van der Waals surface area contributed by atoms with Crippen LogP contribution in [0.25, 0.3) is 0 Å². The van der Waals surface area contributed by atoms with Gasteiger partial charge < -0.3 is 39.7 Å². The van der Waals surface area contributed by atoms with Crippen LogP contribution in [0.15, 0.2) is 24.3 Å². The summed E-state index contributed by atoms with van der Waals surface area (Å²) in [5.74, 6) is 0.647. The predicted molar refractivity (Wildman–Crippen MR) is 82.3 cm³/mol. The smallest absolute Gasteiger partial charge is 0.187 e. The normalized spacial score (nSPS) is 33.0. The zero-order valence-corrected chi connectivity index (χ0v) is 13.5. The molecule has 0 radical (unpaired) electrons. The zero-order chi connectivity index (χ0) is 17.9. The number of rotatable bonds is 6. The Labute approximate surface area is 139 Å². The Balaban J connectivity index is 2.02.